The molecular weight excluding hydrogens is 211 g/mol. The third-order valence-corrected chi connectivity index (χ3v) is 2.59. The second-order valence-electron chi connectivity index (χ2n) is 3.42. The van der Waals surface area contributed by atoms with Gasteiger partial charge in [-0.25, -0.2) is 0 Å². The van der Waals surface area contributed by atoms with Gasteiger partial charge in [0.15, 0.2) is 0 Å². The summed E-state index contributed by atoms with van der Waals surface area (Å²) in [4.78, 5) is 6.54. The van der Waals surface area contributed by atoms with Crippen molar-refractivity contribution >= 4 is 23.4 Å². The highest BCUT2D eigenvalue weighted by Gasteiger charge is 2.21. The van der Waals surface area contributed by atoms with E-state index in [0.29, 0.717) is 6.04 Å². The van der Waals surface area contributed by atoms with Crippen LogP contribution in [0.3, 0.4) is 0 Å². The van der Waals surface area contributed by atoms with Gasteiger partial charge in [-0.3, -0.25) is 9.88 Å². The van der Waals surface area contributed by atoms with Crippen molar-refractivity contribution in [3.05, 3.63) is 30.1 Å². The van der Waals surface area contributed by atoms with E-state index in [-0.39, 0.29) is 23.4 Å². The number of aromatic nitrogens is 1. The zero-order valence-corrected chi connectivity index (χ0v) is 11.0. The van der Waals surface area contributed by atoms with Crippen LogP contribution in [0.25, 0.3) is 0 Å². The first-order chi connectivity index (χ1) is 5.88. The van der Waals surface area contributed by atoms with Gasteiger partial charge in [0.05, 0.1) is 0 Å². The van der Waals surface area contributed by atoms with Crippen molar-refractivity contribution in [2.24, 2.45) is 0 Å². The second-order valence-corrected chi connectivity index (χ2v) is 3.42. The summed E-state index contributed by atoms with van der Waals surface area (Å²) in [7, 11) is 2.19. The Kier molecular flexibility index (Phi) is 6.34. The Morgan fingerprint density at radius 1 is 1.50 bits per heavy atom. The Bertz CT molecular complexity index is 256. The predicted octanol–water partition coefficient (Wildman–Crippen LogP) is 2.02. The highest BCUT2D eigenvalue weighted by atomic mass is 32.1. The van der Waals surface area contributed by atoms with E-state index in [1.807, 2.05) is 18.5 Å². The zero-order chi connectivity index (χ0) is 8.39. The van der Waals surface area contributed by atoms with Gasteiger partial charge in [0.2, 0.25) is 0 Å². The normalized spacial score (nSPS) is 21.1. The summed E-state index contributed by atoms with van der Waals surface area (Å²) in [6.07, 6.45) is 6.41. The molecule has 0 saturated carbocycles. The molecule has 2 rings (SSSR count). The second kappa shape index (κ2) is 6.39. The van der Waals surface area contributed by atoms with E-state index >= 15 is 0 Å². The molecule has 14 heavy (non-hydrogen) atoms. The molecule has 1 aliphatic heterocycles. The summed E-state index contributed by atoms with van der Waals surface area (Å²) >= 11 is 0. The molecule has 1 aromatic rings. The minimum atomic E-state index is 0. The van der Waals surface area contributed by atoms with Gasteiger partial charge in [0.25, 0.3) is 0 Å². The lowest BCUT2D eigenvalue weighted by atomic mass is 10.1. The van der Waals surface area contributed by atoms with Crippen molar-refractivity contribution in [1.82, 2.24) is 9.88 Å². The summed E-state index contributed by atoms with van der Waals surface area (Å²) in [6, 6.07) is 4.79. The fourth-order valence-electron chi connectivity index (χ4n) is 1.90. The third-order valence-electron chi connectivity index (χ3n) is 2.59. The number of nitrogens with zero attached hydrogens (tertiary/aromatic N) is 2. The van der Waals surface area contributed by atoms with Crippen LogP contribution in [0.2, 0.25) is 0 Å². The smallest absolute Gasteiger partial charge is 0.0360 e. The van der Waals surface area contributed by atoms with Crippen LogP contribution in [-0.4, -0.2) is 23.5 Å². The van der Waals surface area contributed by atoms with Crippen molar-refractivity contribution in [3.63, 3.8) is 0 Å². The Morgan fingerprint density at radius 2 is 2.29 bits per heavy atom. The van der Waals surface area contributed by atoms with E-state index < -0.39 is 0 Å². The van der Waals surface area contributed by atoms with Crippen molar-refractivity contribution in [2.45, 2.75) is 18.9 Å². The van der Waals surface area contributed by atoms with Crippen LogP contribution in [0.1, 0.15) is 24.4 Å². The Morgan fingerprint density at radius 3 is 2.79 bits per heavy atom. The molecule has 0 spiro atoms. The molecule has 2 heterocycles. The molecule has 0 radical (unpaired) electrons. The topological polar surface area (TPSA) is 16.1 Å². The van der Waals surface area contributed by atoms with Crippen LogP contribution < -0.4 is 0 Å². The molecule has 0 amide bonds. The van der Waals surface area contributed by atoms with Crippen LogP contribution >= 0.6 is 23.4 Å². The van der Waals surface area contributed by atoms with Gasteiger partial charge in [-0.1, -0.05) is 6.07 Å². The Balaban J connectivity index is 0.000000845. The van der Waals surface area contributed by atoms with Gasteiger partial charge in [0, 0.05) is 18.4 Å². The van der Waals surface area contributed by atoms with E-state index in [9.17, 15) is 0 Å². The van der Waals surface area contributed by atoms with Crippen LogP contribution in [0.15, 0.2) is 24.5 Å². The van der Waals surface area contributed by atoms with Gasteiger partial charge in [-0.2, -0.15) is 23.4 Å². The molecule has 2 nitrogen and oxygen atoms in total. The molecule has 0 bridgehead atoms. The quantitative estimate of drug-likeness (QED) is 0.686. The van der Waals surface area contributed by atoms with Crippen molar-refractivity contribution < 1.29 is 0 Å². The number of likely N-dealkylation sites (tertiary alicyclic amines) is 1. The highest BCUT2D eigenvalue weighted by Crippen LogP contribution is 2.29. The standard InChI is InChI=1S/C10H14N2.H3P.H2S/c1-12-7-3-5-10(12)9-4-2-6-11-8-9;;/h2,4,6,8,10H,3,5,7H2,1H3;1H3;1H2. The largest absolute Gasteiger partial charge is 0.299 e. The number of pyridine rings is 1. The van der Waals surface area contributed by atoms with Gasteiger partial charge >= 0.3 is 0 Å². The van der Waals surface area contributed by atoms with Crippen molar-refractivity contribution in [1.29, 1.82) is 0 Å². The third kappa shape index (κ3) is 2.94. The zero-order valence-electron chi connectivity index (χ0n) is 8.61. The minimum absolute atomic E-state index is 0. The van der Waals surface area contributed by atoms with Crippen LogP contribution in [0.5, 0.6) is 0 Å². The van der Waals surface area contributed by atoms with E-state index in [1.54, 1.807) is 0 Å². The lowest BCUT2D eigenvalue weighted by Gasteiger charge is -2.18. The van der Waals surface area contributed by atoms with Crippen LogP contribution in [0.4, 0.5) is 0 Å². The average molecular weight is 230 g/mol. The maximum Gasteiger partial charge on any atom is 0.0360 e. The fraction of sp³-hybridized carbons (Fsp3) is 0.500. The summed E-state index contributed by atoms with van der Waals surface area (Å²) in [5, 5.41) is 0. The monoisotopic (exact) mass is 230 g/mol. The summed E-state index contributed by atoms with van der Waals surface area (Å²) in [5.74, 6) is 0. The molecule has 4 heteroatoms. The molecule has 1 aromatic heterocycles. The molecule has 1 saturated heterocycles. The first-order valence-electron chi connectivity index (χ1n) is 4.48. The maximum atomic E-state index is 4.14. The van der Waals surface area contributed by atoms with Gasteiger partial charge < -0.3 is 0 Å². The summed E-state index contributed by atoms with van der Waals surface area (Å²) < 4.78 is 0. The average Bonchev–Trinajstić information content (AvgIpc) is 2.53. The summed E-state index contributed by atoms with van der Waals surface area (Å²) in [5.41, 5.74) is 1.36. The molecular formula is C10H19N2PS. The molecule has 0 aromatic carbocycles. The first kappa shape index (κ1) is 13.9. The SMILES string of the molecule is CN1CCCC1c1cccnc1.P.S. The van der Waals surface area contributed by atoms with Gasteiger partial charge in [-0.05, 0) is 38.1 Å². The van der Waals surface area contributed by atoms with Crippen molar-refractivity contribution in [2.75, 3.05) is 13.6 Å². The lowest BCUT2D eigenvalue weighted by Crippen LogP contribution is -2.17. The number of hydrogen-bond donors (Lipinski definition) is 0. The molecule has 0 aliphatic carbocycles. The fourth-order valence-corrected chi connectivity index (χ4v) is 1.90. The van der Waals surface area contributed by atoms with E-state index in [4.69, 9.17) is 0 Å². The van der Waals surface area contributed by atoms with Gasteiger partial charge in [-0.15, -0.1) is 0 Å². The maximum absolute atomic E-state index is 4.14. The van der Waals surface area contributed by atoms with E-state index in [1.165, 1.54) is 24.9 Å². The molecule has 1 fully saturated rings. The molecule has 80 valence electrons. The minimum Gasteiger partial charge on any atom is -0.299 e. The highest BCUT2D eigenvalue weighted by molar-refractivity contribution is 7.59. The molecule has 0 N–H and O–H groups in total. The predicted molar refractivity (Wildman–Crippen MR) is 70.3 cm³/mol. The number of rotatable bonds is 1. The Labute approximate surface area is 96.2 Å². The van der Waals surface area contributed by atoms with Crippen LogP contribution in [-0.2, 0) is 0 Å². The van der Waals surface area contributed by atoms with Crippen LogP contribution in [0, 0.1) is 0 Å². The molecule has 2 atom stereocenters. The number of hydrogen-bond acceptors (Lipinski definition) is 2. The lowest BCUT2D eigenvalue weighted by molar-refractivity contribution is 0.317. The van der Waals surface area contributed by atoms with Gasteiger partial charge in [0.1, 0.15) is 0 Å². The molecule has 2 unspecified atom stereocenters. The summed E-state index contributed by atoms with van der Waals surface area (Å²) in [6.45, 7) is 1.22. The van der Waals surface area contributed by atoms with E-state index in [2.05, 4.69) is 23.0 Å². The Hall–Kier alpha value is -0.110. The van der Waals surface area contributed by atoms with Crippen molar-refractivity contribution in [3.8, 4) is 0 Å². The molecule has 1 aliphatic rings. The van der Waals surface area contributed by atoms with E-state index in [0.717, 1.165) is 0 Å². The first-order valence-corrected chi connectivity index (χ1v) is 4.48.